The average molecular weight is 358 g/mol. The zero-order valence-corrected chi connectivity index (χ0v) is 13.3. The van der Waals surface area contributed by atoms with Crippen LogP contribution in [0.4, 0.5) is 11.4 Å². The second kappa shape index (κ2) is 8.33. The van der Waals surface area contributed by atoms with E-state index >= 15 is 0 Å². The molecule has 0 fully saturated rings. The van der Waals surface area contributed by atoms with E-state index in [-0.39, 0.29) is 47.1 Å². The van der Waals surface area contributed by atoms with Crippen LogP contribution in [0.25, 0.3) is 0 Å². The Hall–Kier alpha value is -3.82. The lowest BCUT2D eigenvalue weighted by Gasteiger charge is -1.99. The van der Waals surface area contributed by atoms with E-state index in [9.17, 15) is 30.4 Å². The number of nitro benzene ring substituents is 2. The zero-order chi connectivity index (χ0) is 19.1. The van der Waals surface area contributed by atoms with Crippen molar-refractivity contribution in [3.05, 3.63) is 67.8 Å². The van der Waals surface area contributed by atoms with Gasteiger partial charge >= 0.3 is 0 Å². The first kappa shape index (κ1) is 18.5. The SMILES string of the molecule is O=[N+]([O-])c1ccc(O)c(/C=N/CC/N=C/c2cc([N+](=O)[O-])ccc2O)c1. The highest BCUT2D eigenvalue weighted by Crippen LogP contribution is 2.22. The van der Waals surface area contributed by atoms with Gasteiger partial charge in [0.1, 0.15) is 11.5 Å². The Labute approximate surface area is 147 Å². The summed E-state index contributed by atoms with van der Waals surface area (Å²) in [6, 6.07) is 7.18. The van der Waals surface area contributed by atoms with Crippen LogP contribution < -0.4 is 0 Å². The molecular formula is C16H14N4O6. The van der Waals surface area contributed by atoms with Gasteiger partial charge in [0.05, 0.1) is 22.9 Å². The first-order valence-corrected chi connectivity index (χ1v) is 7.33. The molecular weight excluding hydrogens is 344 g/mol. The minimum absolute atomic E-state index is 0.135. The van der Waals surface area contributed by atoms with Crippen LogP contribution in [0.15, 0.2) is 46.4 Å². The van der Waals surface area contributed by atoms with Gasteiger partial charge in [-0.25, -0.2) is 0 Å². The van der Waals surface area contributed by atoms with E-state index in [2.05, 4.69) is 9.98 Å². The largest absolute Gasteiger partial charge is 0.507 e. The molecule has 0 aliphatic carbocycles. The Kier molecular flexibility index (Phi) is 5.93. The third-order valence-corrected chi connectivity index (χ3v) is 3.26. The van der Waals surface area contributed by atoms with Gasteiger partial charge in [0, 0.05) is 47.8 Å². The van der Waals surface area contributed by atoms with E-state index in [0.29, 0.717) is 0 Å². The first-order chi connectivity index (χ1) is 12.4. The molecule has 0 aliphatic rings. The van der Waals surface area contributed by atoms with Crippen molar-refractivity contribution in [1.82, 2.24) is 0 Å². The molecule has 0 spiro atoms. The fourth-order valence-electron chi connectivity index (χ4n) is 1.96. The number of rotatable bonds is 7. The number of hydrogen-bond donors (Lipinski definition) is 2. The number of phenolic OH excluding ortho intramolecular Hbond substituents is 2. The third kappa shape index (κ3) is 4.84. The molecule has 2 N–H and O–H groups in total. The maximum Gasteiger partial charge on any atom is 0.270 e. The third-order valence-electron chi connectivity index (χ3n) is 3.26. The van der Waals surface area contributed by atoms with Gasteiger partial charge in [0.2, 0.25) is 0 Å². The number of hydrogen-bond acceptors (Lipinski definition) is 8. The van der Waals surface area contributed by atoms with Crippen LogP contribution in [0.2, 0.25) is 0 Å². The van der Waals surface area contributed by atoms with Gasteiger partial charge in [-0.05, 0) is 12.1 Å². The van der Waals surface area contributed by atoms with Gasteiger partial charge in [0.15, 0.2) is 0 Å². The van der Waals surface area contributed by atoms with Crippen molar-refractivity contribution < 1.29 is 20.1 Å². The number of aromatic hydroxyl groups is 2. The number of benzene rings is 2. The Balaban J connectivity index is 1.97. The highest BCUT2D eigenvalue weighted by Gasteiger charge is 2.09. The van der Waals surface area contributed by atoms with E-state index in [4.69, 9.17) is 0 Å². The van der Waals surface area contributed by atoms with Crippen molar-refractivity contribution in [3.8, 4) is 11.5 Å². The molecule has 0 aliphatic heterocycles. The molecule has 0 heterocycles. The summed E-state index contributed by atoms with van der Waals surface area (Å²) in [5.74, 6) is -0.270. The fraction of sp³-hybridized carbons (Fsp3) is 0.125. The van der Waals surface area contributed by atoms with E-state index in [1.807, 2.05) is 0 Å². The van der Waals surface area contributed by atoms with E-state index < -0.39 is 9.85 Å². The molecule has 10 heteroatoms. The van der Waals surface area contributed by atoms with Crippen molar-refractivity contribution in [2.24, 2.45) is 9.98 Å². The molecule has 0 aromatic heterocycles. The summed E-state index contributed by atoms with van der Waals surface area (Å²) in [7, 11) is 0. The smallest absolute Gasteiger partial charge is 0.270 e. The minimum Gasteiger partial charge on any atom is -0.507 e. The standard InChI is InChI=1S/C16H14N4O6/c21-15-3-1-13(19(23)24)7-11(15)9-17-5-6-18-10-12-8-14(20(25)26)2-4-16(12)22/h1-4,7-10,21-22H,5-6H2/b17-9+,18-10+. The number of phenols is 2. The van der Waals surface area contributed by atoms with Crippen LogP contribution in [0.3, 0.4) is 0 Å². The summed E-state index contributed by atoms with van der Waals surface area (Å²) >= 11 is 0. The number of nitrogens with zero attached hydrogens (tertiary/aromatic N) is 4. The van der Waals surface area contributed by atoms with Crippen molar-refractivity contribution >= 4 is 23.8 Å². The summed E-state index contributed by atoms with van der Waals surface area (Å²) in [5.41, 5.74) is 0.0888. The summed E-state index contributed by atoms with van der Waals surface area (Å²) in [5, 5.41) is 40.7. The van der Waals surface area contributed by atoms with Crippen molar-refractivity contribution in [3.63, 3.8) is 0 Å². The van der Waals surface area contributed by atoms with Crippen LogP contribution in [-0.4, -0.2) is 45.6 Å². The second-order valence-corrected chi connectivity index (χ2v) is 5.07. The van der Waals surface area contributed by atoms with Gasteiger partial charge in [-0.2, -0.15) is 0 Å². The Morgan fingerprint density at radius 2 is 1.19 bits per heavy atom. The molecule has 26 heavy (non-hydrogen) atoms. The highest BCUT2D eigenvalue weighted by molar-refractivity contribution is 5.85. The lowest BCUT2D eigenvalue weighted by atomic mass is 10.2. The fourth-order valence-corrected chi connectivity index (χ4v) is 1.96. The van der Waals surface area contributed by atoms with Crippen LogP contribution >= 0.6 is 0 Å². The highest BCUT2D eigenvalue weighted by atomic mass is 16.6. The zero-order valence-electron chi connectivity index (χ0n) is 13.3. The molecule has 2 aromatic rings. The predicted octanol–water partition coefficient (Wildman–Crippen LogP) is 2.45. The summed E-state index contributed by atoms with van der Waals surface area (Å²) < 4.78 is 0. The van der Waals surface area contributed by atoms with Crippen LogP contribution in [0.5, 0.6) is 11.5 Å². The minimum atomic E-state index is -0.577. The molecule has 0 bridgehead atoms. The van der Waals surface area contributed by atoms with Crippen LogP contribution in [0, 0.1) is 20.2 Å². The molecule has 2 rings (SSSR count). The number of non-ortho nitro benzene ring substituents is 2. The molecule has 2 aromatic carbocycles. The molecule has 0 saturated heterocycles. The van der Waals surface area contributed by atoms with Crippen molar-refractivity contribution in [2.75, 3.05) is 13.1 Å². The Bertz CT molecular complexity index is 821. The molecule has 134 valence electrons. The lowest BCUT2D eigenvalue weighted by molar-refractivity contribution is -0.385. The van der Waals surface area contributed by atoms with Crippen LogP contribution in [-0.2, 0) is 0 Å². The maximum atomic E-state index is 10.7. The quantitative estimate of drug-likeness (QED) is 0.336. The normalized spacial score (nSPS) is 11.2. The molecule has 10 nitrogen and oxygen atoms in total. The average Bonchev–Trinajstić information content (AvgIpc) is 2.60. The maximum absolute atomic E-state index is 10.7. The van der Waals surface area contributed by atoms with E-state index in [1.54, 1.807) is 0 Å². The van der Waals surface area contributed by atoms with Gasteiger partial charge in [0.25, 0.3) is 11.4 Å². The van der Waals surface area contributed by atoms with Gasteiger partial charge in [-0.15, -0.1) is 0 Å². The van der Waals surface area contributed by atoms with Crippen molar-refractivity contribution in [2.45, 2.75) is 0 Å². The molecule has 0 amide bonds. The van der Waals surface area contributed by atoms with Crippen molar-refractivity contribution in [1.29, 1.82) is 0 Å². The van der Waals surface area contributed by atoms with Gasteiger partial charge in [-0.1, -0.05) is 0 Å². The number of nitro groups is 2. The Morgan fingerprint density at radius 3 is 1.54 bits per heavy atom. The first-order valence-electron chi connectivity index (χ1n) is 7.33. The van der Waals surface area contributed by atoms with E-state index in [0.717, 1.165) is 0 Å². The molecule has 0 saturated carbocycles. The molecule has 0 radical (unpaired) electrons. The molecule has 0 unspecified atom stereocenters. The van der Waals surface area contributed by atoms with E-state index in [1.165, 1.54) is 48.8 Å². The summed E-state index contributed by atoms with van der Waals surface area (Å²) in [6.45, 7) is 0.433. The summed E-state index contributed by atoms with van der Waals surface area (Å²) in [4.78, 5) is 28.3. The lowest BCUT2D eigenvalue weighted by Crippen LogP contribution is -1.94. The Morgan fingerprint density at radius 1 is 0.808 bits per heavy atom. The summed E-state index contributed by atoms with van der Waals surface area (Å²) in [6.07, 6.45) is 2.59. The second-order valence-electron chi connectivity index (χ2n) is 5.07. The van der Waals surface area contributed by atoms with Crippen LogP contribution in [0.1, 0.15) is 11.1 Å². The molecule has 0 atom stereocenters. The monoisotopic (exact) mass is 358 g/mol. The van der Waals surface area contributed by atoms with Gasteiger partial charge in [-0.3, -0.25) is 30.2 Å². The topological polar surface area (TPSA) is 151 Å². The predicted molar refractivity (Wildman–Crippen MR) is 94.4 cm³/mol. The van der Waals surface area contributed by atoms with Gasteiger partial charge < -0.3 is 10.2 Å². The number of aliphatic imine (C=N–C) groups is 2.